The van der Waals surface area contributed by atoms with Crippen molar-refractivity contribution in [2.75, 3.05) is 17.2 Å². The molecule has 2 heterocycles. The molecule has 0 aliphatic rings. The molecule has 5 nitrogen and oxygen atoms in total. The zero-order valence-corrected chi connectivity index (χ0v) is 12.3. The van der Waals surface area contributed by atoms with Crippen molar-refractivity contribution < 1.29 is 0 Å². The summed E-state index contributed by atoms with van der Waals surface area (Å²) in [6.45, 7) is 5.89. The standard InChI is InChI=1S/C16H19N5/c1-3-20(10-13-5-4-6-14(17)9-13)16-8-12(2)7-15-18-11-19-21(15)16/h4-9,11H,3,10,17H2,1-2H3. The van der Waals surface area contributed by atoms with Crippen LogP contribution in [0.4, 0.5) is 11.5 Å². The Hall–Kier alpha value is -2.56. The molecule has 5 heteroatoms. The number of nitrogens with zero attached hydrogens (tertiary/aromatic N) is 4. The fraction of sp³-hybridized carbons (Fsp3) is 0.250. The molecular formula is C16H19N5. The Kier molecular flexibility index (Phi) is 3.48. The second-order valence-corrected chi connectivity index (χ2v) is 5.18. The quantitative estimate of drug-likeness (QED) is 0.747. The number of anilines is 2. The summed E-state index contributed by atoms with van der Waals surface area (Å²) in [5.74, 6) is 1.05. The minimum Gasteiger partial charge on any atom is -0.399 e. The monoisotopic (exact) mass is 281 g/mol. The molecule has 0 radical (unpaired) electrons. The molecule has 0 bridgehead atoms. The van der Waals surface area contributed by atoms with E-state index in [-0.39, 0.29) is 0 Å². The van der Waals surface area contributed by atoms with Gasteiger partial charge in [0, 0.05) is 18.8 Å². The van der Waals surface area contributed by atoms with Gasteiger partial charge >= 0.3 is 0 Å². The van der Waals surface area contributed by atoms with Gasteiger partial charge in [-0.3, -0.25) is 0 Å². The molecule has 108 valence electrons. The van der Waals surface area contributed by atoms with Crippen LogP contribution in [0.2, 0.25) is 0 Å². The highest BCUT2D eigenvalue weighted by molar-refractivity contribution is 5.53. The lowest BCUT2D eigenvalue weighted by molar-refractivity contribution is 0.780. The van der Waals surface area contributed by atoms with Gasteiger partial charge in [-0.15, -0.1) is 0 Å². The number of pyridine rings is 1. The maximum absolute atomic E-state index is 5.87. The van der Waals surface area contributed by atoms with Crippen LogP contribution in [0.5, 0.6) is 0 Å². The predicted molar refractivity (Wildman–Crippen MR) is 85.3 cm³/mol. The van der Waals surface area contributed by atoms with Crippen LogP contribution in [0, 0.1) is 6.92 Å². The predicted octanol–water partition coefficient (Wildman–Crippen LogP) is 2.65. The molecule has 0 unspecified atom stereocenters. The summed E-state index contributed by atoms with van der Waals surface area (Å²) in [6.07, 6.45) is 1.59. The van der Waals surface area contributed by atoms with Gasteiger partial charge in [-0.25, -0.2) is 4.98 Å². The van der Waals surface area contributed by atoms with Crippen molar-refractivity contribution in [1.82, 2.24) is 14.6 Å². The molecule has 3 rings (SSSR count). The lowest BCUT2D eigenvalue weighted by Gasteiger charge is -2.24. The van der Waals surface area contributed by atoms with Crippen LogP contribution >= 0.6 is 0 Å². The van der Waals surface area contributed by atoms with E-state index in [0.717, 1.165) is 30.2 Å². The molecule has 3 aromatic rings. The summed E-state index contributed by atoms with van der Waals surface area (Å²) >= 11 is 0. The Balaban J connectivity index is 2.00. The number of aromatic nitrogens is 3. The van der Waals surface area contributed by atoms with Gasteiger partial charge in [-0.2, -0.15) is 9.61 Å². The maximum atomic E-state index is 5.87. The van der Waals surface area contributed by atoms with E-state index < -0.39 is 0 Å². The third kappa shape index (κ3) is 2.67. The fourth-order valence-electron chi connectivity index (χ4n) is 2.53. The van der Waals surface area contributed by atoms with Gasteiger partial charge in [0.05, 0.1) is 0 Å². The van der Waals surface area contributed by atoms with Crippen molar-refractivity contribution >= 4 is 17.2 Å². The Morgan fingerprint density at radius 3 is 2.86 bits per heavy atom. The topological polar surface area (TPSA) is 59.5 Å². The molecule has 0 spiro atoms. The molecule has 0 aliphatic carbocycles. The largest absolute Gasteiger partial charge is 0.399 e. The molecule has 1 aromatic carbocycles. The van der Waals surface area contributed by atoms with Crippen LogP contribution in [0.25, 0.3) is 5.65 Å². The van der Waals surface area contributed by atoms with E-state index in [9.17, 15) is 0 Å². The molecule has 2 N–H and O–H groups in total. The molecule has 0 aliphatic heterocycles. The Labute approximate surface area is 124 Å². The number of fused-ring (bicyclic) bond motifs is 1. The van der Waals surface area contributed by atoms with Crippen molar-refractivity contribution in [1.29, 1.82) is 0 Å². The maximum Gasteiger partial charge on any atom is 0.157 e. The lowest BCUT2D eigenvalue weighted by atomic mass is 10.2. The molecule has 21 heavy (non-hydrogen) atoms. The van der Waals surface area contributed by atoms with Gasteiger partial charge < -0.3 is 10.6 Å². The Morgan fingerprint density at radius 2 is 2.10 bits per heavy atom. The van der Waals surface area contributed by atoms with Crippen LogP contribution in [0.15, 0.2) is 42.7 Å². The van der Waals surface area contributed by atoms with E-state index >= 15 is 0 Å². The lowest BCUT2D eigenvalue weighted by Crippen LogP contribution is -2.24. The fourth-order valence-corrected chi connectivity index (χ4v) is 2.53. The first-order valence-electron chi connectivity index (χ1n) is 7.07. The number of rotatable bonds is 4. The van der Waals surface area contributed by atoms with Gasteiger partial charge in [-0.05, 0) is 49.2 Å². The van der Waals surface area contributed by atoms with Gasteiger partial charge in [0.15, 0.2) is 5.65 Å². The molecule has 2 aromatic heterocycles. The second kappa shape index (κ2) is 5.44. The number of aryl methyl sites for hydroxylation is 1. The summed E-state index contributed by atoms with van der Waals surface area (Å²) in [5, 5.41) is 4.33. The summed E-state index contributed by atoms with van der Waals surface area (Å²) in [4.78, 5) is 6.55. The molecule has 0 atom stereocenters. The first kappa shape index (κ1) is 13.4. The summed E-state index contributed by atoms with van der Waals surface area (Å²) < 4.78 is 1.88. The van der Waals surface area contributed by atoms with Crippen LogP contribution < -0.4 is 10.6 Å². The molecule has 0 saturated heterocycles. The van der Waals surface area contributed by atoms with Gasteiger partial charge in [0.2, 0.25) is 0 Å². The molecule has 0 fully saturated rings. The first-order valence-corrected chi connectivity index (χ1v) is 7.07. The zero-order chi connectivity index (χ0) is 14.8. The average Bonchev–Trinajstić information content (AvgIpc) is 2.92. The van der Waals surface area contributed by atoms with Gasteiger partial charge in [-0.1, -0.05) is 12.1 Å². The Morgan fingerprint density at radius 1 is 1.24 bits per heavy atom. The van der Waals surface area contributed by atoms with Crippen LogP contribution in [-0.2, 0) is 6.54 Å². The number of hydrogen-bond acceptors (Lipinski definition) is 4. The van der Waals surface area contributed by atoms with Gasteiger partial charge in [0.25, 0.3) is 0 Å². The van der Waals surface area contributed by atoms with Crippen molar-refractivity contribution in [2.24, 2.45) is 0 Å². The minimum absolute atomic E-state index is 0.790. The first-order chi connectivity index (χ1) is 10.2. The van der Waals surface area contributed by atoms with Crippen molar-refractivity contribution in [3.8, 4) is 0 Å². The third-order valence-electron chi connectivity index (χ3n) is 3.53. The van der Waals surface area contributed by atoms with E-state index in [1.54, 1.807) is 6.33 Å². The van der Waals surface area contributed by atoms with Crippen LogP contribution in [0.3, 0.4) is 0 Å². The van der Waals surface area contributed by atoms with E-state index in [1.807, 2.05) is 28.8 Å². The summed E-state index contributed by atoms with van der Waals surface area (Å²) in [5.41, 5.74) is 9.89. The van der Waals surface area contributed by atoms with Crippen LogP contribution in [0.1, 0.15) is 18.1 Å². The highest BCUT2D eigenvalue weighted by Crippen LogP contribution is 2.20. The average molecular weight is 281 g/mol. The molecule has 0 amide bonds. The van der Waals surface area contributed by atoms with Crippen molar-refractivity contribution in [3.05, 3.63) is 53.9 Å². The van der Waals surface area contributed by atoms with Gasteiger partial charge in [0.1, 0.15) is 12.1 Å². The minimum atomic E-state index is 0.790. The number of hydrogen-bond donors (Lipinski definition) is 1. The summed E-state index contributed by atoms with van der Waals surface area (Å²) in [7, 11) is 0. The van der Waals surface area contributed by atoms with Crippen LogP contribution in [-0.4, -0.2) is 21.1 Å². The van der Waals surface area contributed by atoms with Crippen molar-refractivity contribution in [2.45, 2.75) is 20.4 Å². The second-order valence-electron chi connectivity index (χ2n) is 5.18. The normalized spacial score (nSPS) is 11.0. The Bertz CT molecular complexity index is 762. The third-order valence-corrected chi connectivity index (χ3v) is 3.53. The summed E-state index contributed by atoms with van der Waals surface area (Å²) in [6, 6.07) is 12.2. The number of benzene rings is 1. The van der Waals surface area contributed by atoms with Crippen molar-refractivity contribution in [3.63, 3.8) is 0 Å². The van der Waals surface area contributed by atoms with E-state index in [1.165, 1.54) is 11.1 Å². The highest BCUT2D eigenvalue weighted by Gasteiger charge is 2.11. The zero-order valence-electron chi connectivity index (χ0n) is 12.3. The number of nitrogens with two attached hydrogens (primary N) is 1. The van der Waals surface area contributed by atoms with E-state index in [4.69, 9.17) is 5.73 Å². The molecule has 0 saturated carbocycles. The number of nitrogen functional groups attached to an aromatic ring is 1. The van der Waals surface area contributed by atoms with E-state index in [0.29, 0.717) is 0 Å². The highest BCUT2D eigenvalue weighted by atomic mass is 15.4. The molecular weight excluding hydrogens is 262 g/mol. The SMILES string of the molecule is CCN(Cc1cccc(N)c1)c1cc(C)cc2ncnn12. The van der Waals surface area contributed by atoms with E-state index in [2.05, 4.69) is 41.0 Å². The smallest absolute Gasteiger partial charge is 0.157 e.